The van der Waals surface area contributed by atoms with Crippen LogP contribution in [-0.4, -0.2) is 39.2 Å². The summed E-state index contributed by atoms with van der Waals surface area (Å²) in [6.07, 6.45) is 0. The Hall–Kier alpha value is -3.24. The Morgan fingerprint density at radius 1 is 0.839 bits per heavy atom. The van der Waals surface area contributed by atoms with Gasteiger partial charge in [0.2, 0.25) is 21.8 Å². The fourth-order valence-corrected chi connectivity index (χ4v) is 3.49. The maximum absolute atomic E-state index is 12.3. The molecule has 0 aliphatic heterocycles. The quantitative estimate of drug-likeness (QED) is 0.437. The predicted molar refractivity (Wildman–Crippen MR) is 118 cm³/mol. The van der Waals surface area contributed by atoms with Crippen molar-refractivity contribution in [3.8, 4) is 0 Å². The van der Waals surface area contributed by atoms with E-state index >= 15 is 0 Å². The molecule has 10 heteroatoms. The first kappa shape index (κ1) is 24.0. The fraction of sp³-hybridized carbons (Fsp3) is 0.286. The maximum atomic E-state index is 12.3. The molecular formula is C21H26N4O5S. The molecule has 9 nitrogen and oxygen atoms in total. The van der Waals surface area contributed by atoms with Gasteiger partial charge in [-0.3, -0.25) is 14.4 Å². The molecule has 0 saturated heterocycles. The second-order valence-corrected chi connectivity index (χ2v) is 8.85. The van der Waals surface area contributed by atoms with Gasteiger partial charge >= 0.3 is 0 Å². The molecule has 0 bridgehead atoms. The van der Waals surface area contributed by atoms with Gasteiger partial charge in [0.05, 0.1) is 4.90 Å². The predicted octanol–water partition coefficient (Wildman–Crippen LogP) is 1.95. The summed E-state index contributed by atoms with van der Waals surface area (Å²) in [5, 5.41) is 7.93. The molecule has 4 N–H and O–H groups in total. The summed E-state index contributed by atoms with van der Waals surface area (Å²) in [4.78, 5) is 34.9. The van der Waals surface area contributed by atoms with Crippen LogP contribution in [0.15, 0.2) is 53.4 Å². The van der Waals surface area contributed by atoms with Crippen molar-refractivity contribution in [2.75, 3.05) is 23.7 Å². The standard InChI is InChI=1S/C21H26N4O5S/c1-14(2)20(27)25-18-6-4-16(5-7-18)21(28)22-12-13-23-31(29,30)19-10-8-17(9-11-19)24-15(3)26/h4-11,14,23H,12-13H2,1-3H3,(H,22,28)(H,24,26)(H,25,27). The molecule has 0 aromatic heterocycles. The van der Waals surface area contributed by atoms with Crippen molar-refractivity contribution in [2.24, 2.45) is 5.92 Å². The van der Waals surface area contributed by atoms with Gasteiger partial charge in [0.1, 0.15) is 0 Å². The Labute approximate surface area is 181 Å². The van der Waals surface area contributed by atoms with Crippen LogP contribution in [0.25, 0.3) is 0 Å². The van der Waals surface area contributed by atoms with Crippen molar-refractivity contribution in [2.45, 2.75) is 25.7 Å². The van der Waals surface area contributed by atoms with Crippen molar-refractivity contribution < 1.29 is 22.8 Å². The molecule has 166 valence electrons. The number of amides is 3. The van der Waals surface area contributed by atoms with Gasteiger partial charge < -0.3 is 16.0 Å². The van der Waals surface area contributed by atoms with E-state index < -0.39 is 10.0 Å². The van der Waals surface area contributed by atoms with Crippen LogP contribution >= 0.6 is 0 Å². The van der Waals surface area contributed by atoms with Crippen LogP contribution in [0, 0.1) is 5.92 Å². The average Bonchev–Trinajstić information content (AvgIpc) is 2.71. The lowest BCUT2D eigenvalue weighted by atomic mass is 10.1. The number of nitrogens with one attached hydrogen (secondary N) is 4. The number of rotatable bonds is 9. The van der Waals surface area contributed by atoms with E-state index in [-0.39, 0.29) is 41.6 Å². The van der Waals surface area contributed by atoms with E-state index in [0.717, 1.165) is 0 Å². The van der Waals surface area contributed by atoms with Gasteiger partial charge in [-0.05, 0) is 48.5 Å². The lowest BCUT2D eigenvalue weighted by Crippen LogP contribution is -2.34. The Bertz CT molecular complexity index is 1030. The highest BCUT2D eigenvalue weighted by molar-refractivity contribution is 7.89. The van der Waals surface area contributed by atoms with E-state index in [9.17, 15) is 22.8 Å². The number of hydrogen-bond donors (Lipinski definition) is 4. The van der Waals surface area contributed by atoms with Crippen molar-refractivity contribution in [1.82, 2.24) is 10.0 Å². The SMILES string of the molecule is CC(=O)Nc1ccc(S(=O)(=O)NCCNC(=O)c2ccc(NC(=O)C(C)C)cc2)cc1. The number of anilines is 2. The minimum atomic E-state index is -3.75. The van der Waals surface area contributed by atoms with E-state index in [4.69, 9.17) is 0 Å². The Kier molecular flexibility index (Phi) is 8.29. The zero-order valence-corrected chi connectivity index (χ0v) is 18.4. The zero-order chi connectivity index (χ0) is 23.0. The largest absolute Gasteiger partial charge is 0.351 e. The highest BCUT2D eigenvalue weighted by Crippen LogP contribution is 2.14. The first-order chi connectivity index (χ1) is 14.6. The second kappa shape index (κ2) is 10.7. The minimum absolute atomic E-state index is 0.00402. The fourth-order valence-electron chi connectivity index (χ4n) is 2.46. The Balaban J connectivity index is 1.82. The smallest absolute Gasteiger partial charge is 0.251 e. The molecule has 0 atom stereocenters. The van der Waals surface area contributed by atoms with Gasteiger partial charge in [0.25, 0.3) is 5.91 Å². The van der Waals surface area contributed by atoms with Crippen LogP contribution in [0.5, 0.6) is 0 Å². The highest BCUT2D eigenvalue weighted by Gasteiger charge is 2.14. The Morgan fingerprint density at radius 3 is 1.94 bits per heavy atom. The molecule has 2 aromatic carbocycles. The molecule has 0 heterocycles. The molecule has 2 rings (SSSR count). The van der Waals surface area contributed by atoms with Gasteiger partial charge in [0, 0.05) is 42.9 Å². The van der Waals surface area contributed by atoms with Crippen molar-refractivity contribution in [3.63, 3.8) is 0 Å². The summed E-state index contributed by atoms with van der Waals surface area (Å²) >= 11 is 0. The summed E-state index contributed by atoms with van der Waals surface area (Å²) in [7, 11) is -3.75. The van der Waals surface area contributed by atoms with Crippen LogP contribution in [0.3, 0.4) is 0 Å². The van der Waals surface area contributed by atoms with Gasteiger partial charge in [-0.1, -0.05) is 13.8 Å². The van der Waals surface area contributed by atoms with Crippen molar-refractivity contribution in [3.05, 3.63) is 54.1 Å². The van der Waals surface area contributed by atoms with Gasteiger partial charge in [-0.25, -0.2) is 13.1 Å². The molecule has 0 spiro atoms. The first-order valence-corrected chi connectivity index (χ1v) is 11.1. The molecule has 0 unspecified atom stereocenters. The summed E-state index contributed by atoms with van der Waals surface area (Å²) < 4.78 is 27.0. The van der Waals surface area contributed by atoms with E-state index in [1.165, 1.54) is 31.2 Å². The maximum Gasteiger partial charge on any atom is 0.251 e. The molecule has 0 saturated carbocycles. The van der Waals surface area contributed by atoms with Crippen LogP contribution in [0.2, 0.25) is 0 Å². The molecule has 3 amide bonds. The molecule has 0 aliphatic rings. The van der Waals surface area contributed by atoms with Crippen LogP contribution in [0.1, 0.15) is 31.1 Å². The number of sulfonamides is 1. The number of carbonyl (C=O) groups excluding carboxylic acids is 3. The Morgan fingerprint density at radius 2 is 1.39 bits per heavy atom. The lowest BCUT2D eigenvalue weighted by Gasteiger charge is -2.10. The zero-order valence-electron chi connectivity index (χ0n) is 17.6. The van der Waals surface area contributed by atoms with Crippen LogP contribution in [-0.2, 0) is 19.6 Å². The van der Waals surface area contributed by atoms with Crippen molar-refractivity contribution >= 4 is 39.1 Å². The summed E-state index contributed by atoms with van der Waals surface area (Å²) in [6, 6.07) is 12.1. The van der Waals surface area contributed by atoms with Crippen LogP contribution in [0.4, 0.5) is 11.4 Å². The second-order valence-electron chi connectivity index (χ2n) is 7.08. The molecule has 2 aromatic rings. The van der Waals surface area contributed by atoms with Gasteiger partial charge in [0.15, 0.2) is 0 Å². The molecule has 0 radical (unpaired) electrons. The van der Waals surface area contributed by atoms with Crippen LogP contribution < -0.4 is 20.7 Å². The molecular weight excluding hydrogens is 420 g/mol. The third-order valence-electron chi connectivity index (χ3n) is 4.13. The monoisotopic (exact) mass is 446 g/mol. The van der Waals surface area contributed by atoms with Crippen molar-refractivity contribution in [1.29, 1.82) is 0 Å². The normalized spacial score (nSPS) is 11.1. The number of hydrogen-bond acceptors (Lipinski definition) is 5. The average molecular weight is 447 g/mol. The van der Waals surface area contributed by atoms with E-state index in [2.05, 4.69) is 20.7 Å². The number of carbonyl (C=O) groups is 3. The summed E-state index contributed by atoms with van der Waals surface area (Å²) in [5.41, 5.74) is 1.47. The summed E-state index contributed by atoms with van der Waals surface area (Å²) in [5.74, 6) is -0.879. The minimum Gasteiger partial charge on any atom is -0.351 e. The van der Waals surface area contributed by atoms with E-state index in [1.54, 1.807) is 38.1 Å². The third kappa shape index (κ3) is 7.50. The van der Waals surface area contributed by atoms with Gasteiger partial charge in [-0.2, -0.15) is 0 Å². The molecule has 0 aliphatic carbocycles. The lowest BCUT2D eigenvalue weighted by molar-refractivity contribution is -0.119. The van der Waals surface area contributed by atoms with Gasteiger partial charge in [-0.15, -0.1) is 0 Å². The summed E-state index contributed by atoms with van der Waals surface area (Å²) in [6.45, 7) is 5.02. The third-order valence-corrected chi connectivity index (χ3v) is 5.60. The number of benzene rings is 2. The topological polar surface area (TPSA) is 133 Å². The molecule has 31 heavy (non-hydrogen) atoms. The first-order valence-electron chi connectivity index (χ1n) is 9.65. The highest BCUT2D eigenvalue weighted by atomic mass is 32.2. The van der Waals surface area contributed by atoms with E-state index in [1.807, 2.05) is 0 Å². The van der Waals surface area contributed by atoms with E-state index in [0.29, 0.717) is 16.9 Å². The molecule has 0 fully saturated rings.